The monoisotopic (exact) mass is 293 g/mol. The van der Waals surface area contributed by atoms with Crippen LogP contribution in [0.4, 0.5) is 0 Å². The number of likely N-dealkylation sites (tertiary alicyclic amines) is 1. The van der Waals surface area contributed by atoms with Gasteiger partial charge >= 0.3 is 5.97 Å². The quantitative estimate of drug-likeness (QED) is 0.766. The Morgan fingerprint density at radius 2 is 2.19 bits per heavy atom. The summed E-state index contributed by atoms with van der Waals surface area (Å²) >= 11 is 0. The van der Waals surface area contributed by atoms with Crippen LogP contribution in [-0.2, 0) is 20.9 Å². The standard InChI is InChI=1S/C16H23NO4/c1-20-16(19)15-8-5-9-17(15)10-14(18)12-21-11-13-6-3-2-4-7-13/h2-4,6-7,14-15,18H,5,8-12H2,1H3/t14-,15-/m0/s1. The van der Waals surface area contributed by atoms with E-state index in [1.165, 1.54) is 7.11 Å². The molecule has 116 valence electrons. The maximum absolute atomic E-state index is 11.6. The molecule has 1 aromatic rings. The second-order valence-electron chi connectivity index (χ2n) is 5.33. The third-order valence-electron chi connectivity index (χ3n) is 3.70. The highest BCUT2D eigenvalue weighted by Gasteiger charge is 2.32. The summed E-state index contributed by atoms with van der Waals surface area (Å²) in [6.45, 7) is 2.00. The first kappa shape index (κ1) is 15.9. The van der Waals surface area contributed by atoms with E-state index in [0.29, 0.717) is 13.2 Å². The Morgan fingerprint density at radius 3 is 2.90 bits per heavy atom. The van der Waals surface area contributed by atoms with Crippen LogP contribution in [0.25, 0.3) is 0 Å². The average molecular weight is 293 g/mol. The lowest BCUT2D eigenvalue weighted by Crippen LogP contribution is -2.42. The van der Waals surface area contributed by atoms with E-state index in [1.54, 1.807) is 0 Å². The number of rotatable bonds is 7. The van der Waals surface area contributed by atoms with Crippen molar-refractivity contribution >= 4 is 5.97 Å². The smallest absolute Gasteiger partial charge is 0.323 e. The number of hydrogen-bond donors (Lipinski definition) is 1. The summed E-state index contributed by atoms with van der Waals surface area (Å²) in [5.41, 5.74) is 1.08. The summed E-state index contributed by atoms with van der Waals surface area (Å²) in [5, 5.41) is 10.0. The van der Waals surface area contributed by atoms with Crippen LogP contribution in [0.15, 0.2) is 30.3 Å². The van der Waals surface area contributed by atoms with Crippen LogP contribution in [0.5, 0.6) is 0 Å². The number of methoxy groups -OCH3 is 1. The molecule has 0 saturated carbocycles. The molecule has 5 heteroatoms. The van der Waals surface area contributed by atoms with Crippen molar-refractivity contribution in [3.63, 3.8) is 0 Å². The maximum Gasteiger partial charge on any atom is 0.323 e. The van der Waals surface area contributed by atoms with Gasteiger partial charge in [-0.3, -0.25) is 9.69 Å². The molecule has 2 rings (SSSR count). The van der Waals surface area contributed by atoms with E-state index in [-0.39, 0.29) is 18.6 Å². The molecule has 0 aliphatic carbocycles. The Morgan fingerprint density at radius 1 is 1.43 bits per heavy atom. The predicted molar refractivity (Wildman–Crippen MR) is 78.7 cm³/mol. The van der Waals surface area contributed by atoms with E-state index in [2.05, 4.69) is 0 Å². The lowest BCUT2D eigenvalue weighted by molar-refractivity contribution is -0.146. The number of hydrogen-bond acceptors (Lipinski definition) is 5. The van der Waals surface area contributed by atoms with Crippen molar-refractivity contribution < 1.29 is 19.4 Å². The van der Waals surface area contributed by atoms with Crippen molar-refractivity contribution in [2.45, 2.75) is 31.6 Å². The molecule has 0 radical (unpaired) electrons. The molecule has 0 amide bonds. The van der Waals surface area contributed by atoms with Crippen molar-refractivity contribution in [2.24, 2.45) is 0 Å². The molecule has 0 spiro atoms. The van der Waals surface area contributed by atoms with Gasteiger partial charge in [0, 0.05) is 6.54 Å². The van der Waals surface area contributed by atoms with E-state index in [1.807, 2.05) is 35.2 Å². The largest absolute Gasteiger partial charge is 0.468 e. The molecule has 1 saturated heterocycles. The van der Waals surface area contributed by atoms with Gasteiger partial charge in [0.1, 0.15) is 6.04 Å². The Balaban J connectivity index is 1.71. The Hall–Kier alpha value is -1.43. The van der Waals surface area contributed by atoms with Crippen LogP contribution in [-0.4, -0.2) is 54.9 Å². The fourth-order valence-corrected chi connectivity index (χ4v) is 2.66. The first-order valence-electron chi connectivity index (χ1n) is 7.32. The number of nitrogens with zero attached hydrogens (tertiary/aromatic N) is 1. The zero-order valence-corrected chi connectivity index (χ0v) is 12.4. The van der Waals surface area contributed by atoms with Crippen LogP contribution in [0.2, 0.25) is 0 Å². The Bertz CT molecular complexity index is 437. The van der Waals surface area contributed by atoms with Gasteiger partial charge in [-0.1, -0.05) is 30.3 Å². The molecule has 1 aliphatic rings. The minimum absolute atomic E-state index is 0.218. The van der Waals surface area contributed by atoms with Gasteiger partial charge in [-0.05, 0) is 24.9 Å². The van der Waals surface area contributed by atoms with Crippen LogP contribution in [0, 0.1) is 0 Å². The molecule has 0 unspecified atom stereocenters. The van der Waals surface area contributed by atoms with Gasteiger partial charge in [0.15, 0.2) is 0 Å². The molecule has 0 aromatic heterocycles. The number of carbonyl (C=O) groups excluding carboxylic acids is 1. The average Bonchev–Trinajstić information content (AvgIpc) is 2.95. The van der Waals surface area contributed by atoms with Gasteiger partial charge in [-0.25, -0.2) is 0 Å². The summed E-state index contributed by atoms with van der Waals surface area (Å²) in [6, 6.07) is 9.62. The third-order valence-corrected chi connectivity index (χ3v) is 3.70. The summed E-state index contributed by atoms with van der Waals surface area (Å²) in [5.74, 6) is -0.218. The summed E-state index contributed by atoms with van der Waals surface area (Å²) < 4.78 is 10.3. The molecular weight excluding hydrogens is 270 g/mol. The lowest BCUT2D eigenvalue weighted by Gasteiger charge is -2.24. The molecule has 1 N–H and O–H groups in total. The summed E-state index contributed by atoms with van der Waals surface area (Å²) in [7, 11) is 1.40. The third kappa shape index (κ3) is 4.81. The topological polar surface area (TPSA) is 59.0 Å². The predicted octanol–water partition coefficient (Wildman–Crippen LogP) is 1.20. The molecule has 1 fully saturated rings. The molecule has 0 bridgehead atoms. The second kappa shape index (κ2) is 8.12. The van der Waals surface area contributed by atoms with Crippen molar-refractivity contribution in [3.05, 3.63) is 35.9 Å². The van der Waals surface area contributed by atoms with Crippen molar-refractivity contribution in [1.82, 2.24) is 4.90 Å². The minimum Gasteiger partial charge on any atom is -0.468 e. The van der Waals surface area contributed by atoms with Gasteiger partial charge in [0.2, 0.25) is 0 Å². The zero-order chi connectivity index (χ0) is 15.1. The lowest BCUT2D eigenvalue weighted by atomic mass is 10.2. The first-order chi connectivity index (χ1) is 10.2. The molecule has 5 nitrogen and oxygen atoms in total. The SMILES string of the molecule is COC(=O)[C@@H]1CCCN1C[C@H](O)COCc1ccccc1. The van der Waals surface area contributed by atoms with E-state index in [0.717, 1.165) is 24.9 Å². The van der Waals surface area contributed by atoms with E-state index in [9.17, 15) is 9.90 Å². The molecule has 1 aromatic carbocycles. The van der Waals surface area contributed by atoms with Crippen molar-refractivity contribution in [3.8, 4) is 0 Å². The fourth-order valence-electron chi connectivity index (χ4n) is 2.66. The highest BCUT2D eigenvalue weighted by Crippen LogP contribution is 2.18. The number of benzene rings is 1. The number of ether oxygens (including phenoxy) is 2. The normalized spacial score (nSPS) is 20.4. The minimum atomic E-state index is -0.598. The van der Waals surface area contributed by atoms with Crippen LogP contribution in [0.1, 0.15) is 18.4 Å². The van der Waals surface area contributed by atoms with Gasteiger partial charge in [0.25, 0.3) is 0 Å². The van der Waals surface area contributed by atoms with Crippen LogP contribution >= 0.6 is 0 Å². The summed E-state index contributed by atoms with van der Waals surface area (Å²) in [6.07, 6.45) is 1.15. The van der Waals surface area contributed by atoms with Crippen LogP contribution in [0.3, 0.4) is 0 Å². The highest BCUT2D eigenvalue weighted by molar-refractivity contribution is 5.75. The summed E-state index contributed by atoms with van der Waals surface area (Å²) in [4.78, 5) is 13.6. The van der Waals surface area contributed by atoms with Crippen molar-refractivity contribution in [2.75, 3.05) is 26.8 Å². The number of β-amino-alcohol motifs (C(OH)–C–C–N with tert-alkyl or cyclic N) is 1. The van der Waals surface area contributed by atoms with Crippen molar-refractivity contribution in [1.29, 1.82) is 0 Å². The zero-order valence-electron chi connectivity index (χ0n) is 12.4. The maximum atomic E-state index is 11.6. The number of aliphatic hydroxyl groups excluding tert-OH is 1. The Labute approximate surface area is 125 Å². The Kier molecular flexibility index (Phi) is 6.17. The molecular formula is C16H23NO4. The molecule has 1 heterocycles. The van der Waals surface area contributed by atoms with Gasteiger partial charge in [-0.2, -0.15) is 0 Å². The number of esters is 1. The molecule has 2 atom stereocenters. The van der Waals surface area contributed by atoms with Crippen LogP contribution < -0.4 is 0 Å². The van der Waals surface area contributed by atoms with E-state index >= 15 is 0 Å². The fraction of sp³-hybridized carbons (Fsp3) is 0.562. The number of aliphatic hydroxyl groups is 1. The number of carbonyl (C=O) groups is 1. The highest BCUT2D eigenvalue weighted by atomic mass is 16.5. The molecule has 21 heavy (non-hydrogen) atoms. The van der Waals surface area contributed by atoms with Gasteiger partial charge in [-0.15, -0.1) is 0 Å². The van der Waals surface area contributed by atoms with Gasteiger partial charge < -0.3 is 14.6 Å². The van der Waals surface area contributed by atoms with E-state index in [4.69, 9.17) is 9.47 Å². The molecule has 1 aliphatic heterocycles. The van der Waals surface area contributed by atoms with Gasteiger partial charge in [0.05, 0.1) is 26.4 Å². The first-order valence-corrected chi connectivity index (χ1v) is 7.32. The second-order valence-corrected chi connectivity index (χ2v) is 5.33. The van der Waals surface area contributed by atoms with E-state index < -0.39 is 6.10 Å².